The van der Waals surface area contributed by atoms with Gasteiger partial charge in [0, 0.05) is 30.5 Å². The Kier molecular flexibility index (Phi) is 5.91. The predicted molar refractivity (Wildman–Crippen MR) is 129 cm³/mol. The Balaban J connectivity index is 1.33. The first kappa shape index (κ1) is 21.6. The number of aromatic nitrogens is 5. The van der Waals surface area contributed by atoms with Crippen molar-refractivity contribution in [2.75, 3.05) is 47.6 Å². The van der Waals surface area contributed by atoms with Crippen molar-refractivity contribution in [1.82, 2.24) is 24.7 Å². The average molecular weight is 462 g/mol. The molecule has 3 heterocycles. The van der Waals surface area contributed by atoms with E-state index in [1.165, 1.54) is 17.1 Å². The van der Waals surface area contributed by atoms with Crippen LogP contribution in [-0.4, -0.2) is 51.0 Å². The fourth-order valence-corrected chi connectivity index (χ4v) is 3.61. The summed E-state index contributed by atoms with van der Waals surface area (Å²) < 4.78 is 21.5. The molecule has 0 saturated carbocycles. The number of hydrogen-bond acceptors (Lipinski definition) is 9. The van der Waals surface area contributed by atoms with Crippen molar-refractivity contribution in [2.45, 2.75) is 6.92 Å². The number of halogens is 1. The van der Waals surface area contributed by atoms with Crippen molar-refractivity contribution in [3.05, 3.63) is 66.2 Å². The van der Waals surface area contributed by atoms with Gasteiger partial charge in [-0.15, -0.1) is 5.10 Å². The molecule has 0 unspecified atom stereocenters. The highest BCUT2D eigenvalue weighted by molar-refractivity contribution is 5.62. The van der Waals surface area contributed by atoms with E-state index in [1.54, 1.807) is 12.1 Å². The molecular weight excluding hydrogens is 437 g/mol. The topological polar surface area (TPSA) is 119 Å². The maximum absolute atomic E-state index is 14.8. The molecule has 1 saturated heterocycles. The molecule has 2 aromatic carbocycles. The Morgan fingerprint density at radius 1 is 1.00 bits per heavy atom. The lowest BCUT2D eigenvalue weighted by Gasteiger charge is -2.29. The number of aryl methyl sites for hydroxylation is 1. The third-order valence-corrected chi connectivity index (χ3v) is 5.40. The van der Waals surface area contributed by atoms with Gasteiger partial charge in [0.2, 0.25) is 11.9 Å². The molecule has 5 rings (SSSR count). The molecule has 0 atom stereocenters. The summed E-state index contributed by atoms with van der Waals surface area (Å²) in [6.45, 7) is 4.75. The van der Waals surface area contributed by atoms with Gasteiger partial charge in [-0.25, -0.2) is 14.4 Å². The highest BCUT2D eigenvalue weighted by Crippen LogP contribution is 2.25. The lowest BCUT2D eigenvalue weighted by Crippen LogP contribution is -2.36. The third kappa shape index (κ3) is 4.74. The Bertz CT molecular complexity index is 1290. The van der Waals surface area contributed by atoms with Gasteiger partial charge >= 0.3 is 0 Å². The quantitative estimate of drug-likeness (QED) is 0.397. The summed E-state index contributed by atoms with van der Waals surface area (Å²) in [6.07, 6.45) is 1.41. The molecule has 1 aliphatic heterocycles. The van der Waals surface area contributed by atoms with Gasteiger partial charge in [0.15, 0.2) is 5.82 Å². The minimum absolute atomic E-state index is 0.104. The van der Waals surface area contributed by atoms with Crippen molar-refractivity contribution < 1.29 is 9.13 Å². The zero-order valence-electron chi connectivity index (χ0n) is 18.6. The van der Waals surface area contributed by atoms with Crippen LogP contribution < -0.4 is 21.3 Å². The van der Waals surface area contributed by atoms with Crippen LogP contribution in [0.3, 0.4) is 0 Å². The van der Waals surface area contributed by atoms with Crippen LogP contribution in [0.2, 0.25) is 0 Å². The van der Waals surface area contributed by atoms with Gasteiger partial charge in [-0.2, -0.15) is 9.67 Å². The van der Waals surface area contributed by atoms with Crippen LogP contribution in [-0.2, 0) is 4.74 Å². The SMILES string of the molecule is Cc1ccc(Nc2cc(-n3nc(Nc4ccc(N5CCOCC5)cc4F)nc3N)ncn2)cc1. The molecule has 0 aliphatic carbocycles. The molecular formula is C23H24FN9O. The smallest absolute Gasteiger partial charge is 0.248 e. The molecule has 0 bridgehead atoms. The van der Waals surface area contributed by atoms with E-state index < -0.39 is 5.82 Å². The minimum Gasteiger partial charge on any atom is -0.378 e. The minimum atomic E-state index is -0.412. The van der Waals surface area contributed by atoms with Gasteiger partial charge in [0.1, 0.15) is 18.0 Å². The molecule has 10 nitrogen and oxygen atoms in total. The zero-order chi connectivity index (χ0) is 23.5. The fraction of sp³-hybridized carbons (Fsp3) is 0.217. The number of hydrogen-bond donors (Lipinski definition) is 3. The number of morpholine rings is 1. The Labute approximate surface area is 195 Å². The van der Waals surface area contributed by atoms with E-state index in [2.05, 4.69) is 35.6 Å². The van der Waals surface area contributed by atoms with Crippen LogP contribution in [0.15, 0.2) is 54.9 Å². The van der Waals surface area contributed by atoms with E-state index >= 15 is 0 Å². The van der Waals surface area contributed by atoms with Crippen LogP contribution in [0, 0.1) is 12.7 Å². The van der Waals surface area contributed by atoms with Crippen LogP contribution in [0.25, 0.3) is 5.82 Å². The second-order valence-electron chi connectivity index (χ2n) is 7.85. The molecule has 4 N–H and O–H groups in total. The molecule has 11 heteroatoms. The Morgan fingerprint density at radius 2 is 1.79 bits per heavy atom. The summed E-state index contributed by atoms with van der Waals surface area (Å²) in [6, 6.07) is 14.6. The molecule has 4 aromatic rings. The van der Waals surface area contributed by atoms with Crippen LogP contribution >= 0.6 is 0 Å². The zero-order valence-corrected chi connectivity index (χ0v) is 18.6. The van der Waals surface area contributed by atoms with E-state index in [0.717, 1.165) is 30.0 Å². The van der Waals surface area contributed by atoms with Crippen LogP contribution in [0.1, 0.15) is 5.56 Å². The molecule has 0 spiro atoms. The first-order chi connectivity index (χ1) is 16.5. The van der Waals surface area contributed by atoms with Gasteiger partial charge in [-0.1, -0.05) is 17.7 Å². The highest BCUT2D eigenvalue weighted by Gasteiger charge is 2.16. The molecule has 1 aliphatic rings. The number of nitrogens with zero attached hydrogens (tertiary/aromatic N) is 6. The second-order valence-corrected chi connectivity index (χ2v) is 7.85. The van der Waals surface area contributed by atoms with Crippen molar-refractivity contribution >= 4 is 34.8 Å². The van der Waals surface area contributed by atoms with Gasteiger partial charge in [-0.05, 0) is 37.3 Å². The fourth-order valence-electron chi connectivity index (χ4n) is 3.61. The largest absolute Gasteiger partial charge is 0.378 e. The molecule has 1 fully saturated rings. The molecule has 2 aromatic heterocycles. The maximum Gasteiger partial charge on any atom is 0.248 e. The van der Waals surface area contributed by atoms with Crippen molar-refractivity contribution in [3.63, 3.8) is 0 Å². The van der Waals surface area contributed by atoms with Crippen molar-refractivity contribution in [3.8, 4) is 5.82 Å². The summed E-state index contributed by atoms with van der Waals surface area (Å²) in [5, 5.41) is 10.5. The van der Waals surface area contributed by atoms with E-state index in [0.29, 0.717) is 24.8 Å². The first-order valence-corrected chi connectivity index (χ1v) is 10.8. The van der Waals surface area contributed by atoms with Gasteiger partial charge in [-0.3, -0.25) is 0 Å². The van der Waals surface area contributed by atoms with Crippen LogP contribution in [0.5, 0.6) is 0 Å². The van der Waals surface area contributed by atoms with E-state index in [1.807, 2.05) is 37.3 Å². The average Bonchev–Trinajstić information content (AvgIpc) is 3.22. The number of benzene rings is 2. The van der Waals surface area contributed by atoms with Crippen molar-refractivity contribution in [1.29, 1.82) is 0 Å². The lowest BCUT2D eigenvalue weighted by atomic mass is 10.2. The van der Waals surface area contributed by atoms with Crippen LogP contribution in [0.4, 0.5) is 39.2 Å². The molecule has 174 valence electrons. The molecule has 34 heavy (non-hydrogen) atoms. The predicted octanol–water partition coefficient (Wildman–Crippen LogP) is 3.41. The number of nitrogens with one attached hydrogen (secondary N) is 2. The summed E-state index contributed by atoms with van der Waals surface area (Å²) in [5.74, 6) is 0.842. The summed E-state index contributed by atoms with van der Waals surface area (Å²) in [7, 11) is 0. The number of anilines is 6. The van der Waals surface area contributed by atoms with Crippen molar-refractivity contribution in [2.24, 2.45) is 0 Å². The second kappa shape index (κ2) is 9.32. The standard InChI is InChI=1S/C23H24FN9O/c1-15-2-4-16(5-3-15)28-20-13-21(27-14-26-20)33-22(25)30-23(31-33)29-19-7-6-17(12-18(19)24)32-8-10-34-11-9-32/h2-7,12-14H,8-11H2,1H3,(H,26,27,28)(H3,25,29,30,31). The number of ether oxygens (including phenoxy) is 1. The molecule has 0 radical (unpaired) electrons. The number of nitrogen functional groups attached to an aromatic ring is 1. The van der Waals surface area contributed by atoms with E-state index in [-0.39, 0.29) is 17.6 Å². The Hall–Kier alpha value is -4.25. The third-order valence-electron chi connectivity index (χ3n) is 5.40. The van der Waals surface area contributed by atoms with Gasteiger partial charge < -0.3 is 26.0 Å². The molecule has 0 amide bonds. The summed E-state index contributed by atoms with van der Waals surface area (Å²) in [5.41, 5.74) is 9.17. The monoisotopic (exact) mass is 461 g/mol. The maximum atomic E-state index is 14.8. The number of rotatable bonds is 6. The first-order valence-electron chi connectivity index (χ1n) is 10.8. The highest BCUT2D eigenvalue weighted by atomic mass is 19.1. The lowest BCUT2D eigenvalue weighted by molar-refractivity contribution is 0.122. The van der Waals surface area contributed by atoms with E-state index in [9.17, 15) is 4.39 Å². The van der Waals surface area contributed by atoms with E-state index in [4.69, 9.17) is 10.5 Å². The summed E-state index contributed by atoms with van der Waals surface area (Å²) >= 11 is 0. The summed E-state index contributed by atoms with van der Waals surface area (Å²) in [4.78, 5) is 14.8. The normalized spacial score (nSPS) is 13.6. The van der Waals surface area contributed by atoms with Gasteiger partial charge in [0.25, 0.3) is 0 Å². The van der Waals surface area contributed by atoms with Gasteiger partial charge in [0.05, 0.1) is 18.9 Å². The number of nitrogens with two attached hydrogens (primary N) is 1. The Morgan fingerprint density at radius 3 is 2.56 bits per heavy atom.